The zero-order valence-electron chi connectivity index (χ0n) is 11.5. The molecule has 0 saturated heterocycles. The standard InChI is InChI=1S/C15H12N4OS2/c20-13-12(9-18-14-16-7-4-8-17-14)19-15(22-13)21-10-11-5-2-1-3-6-11/h1-9,20H,10H2/b18-9+. The second kappa shape index (κ2) is 7.15. The first-order valence-electron chi connectivity index (χ1n) is 6.49. The molecule has 2 aromatic heterocycles. The van der Waals surface area contributed by atoms with Crippen molar-refractivity contribution in [2.75, 3.05) is 0 Å². The fourth-order valence-corrected chi connectivity index (χ4v) is 3.45. The van der Waals surface area contributed by atoms with Gasteiger partial charge in [0.1, 0.15) is 5.69 Å². The van der Waals surface area contributed by atoms with E-state index < -0.39 is 0 Å². The van der Waals surface area contributed by atoms with E-state index >= 15 is 0 Å². The van der Waals surface area contributed by atoms with Gasteiger partial charge in [-0.25, -0.2) is 19.9 Å². The molecule has 2 heterocycles. The van der Waals surface area contributed by atoms with Gasteiger partial charge in [0.2, 0.25) is 11.0 Å². The summed E-state index contributed by atoms with van der Waals surface area (Å²) in [6, 6.07) is 11.9. The van der Waals surface area contributed by atoms with Crippen molar-refractivity contribution in [3.63, 3.8) is 0 Å². The van der Waals surface area contributed by atoms with Gasteiger partial charge in [-0.1, -0.05) is 53.4 Å². The maximum atomic E-state index is 9.92. The van der Waals surface area contributed by atoms with Crippen LogP contribution in [0.2, 0.25) is 0 Å². The summed E-state index contributed by atoms with van der Waals surface area (Å²) in [5.74, 6) is 1.15. The van der Waals surface area contributed by atoms with Crippen LogP contribution in [-0.4, -0.2) is 26.3 Å². The molecule has 0 saturated carbocycles. The minimum Gasteiger partial charge on any atom is -0.498 e. The number of aromatic hydroxyl groups is 1. The second-order valence-electron chi connectivity index (χ2n) is 4.25. The summed E-state index contributed by atoms with van der Waals surface area (Å²) in [5, 5.41) is 10.1. The molecule has 7 heteroatoms. The molecular weight excluding hydrogens is 316 g/mol. The molecule has 0 bridgehead atoms. The molecular formula is C15H12N4OS2. The van der Waals surface area contributed by atoms with Crippen LogP contribution in [0.1, 0.15) is 11.3 Å². The fourth-order valence-electron chi connectivity index (χ4n) is 1.65. The molecule has 3 rings (SSSR count). The van der Waals surface area contributed by atoms with Crippen molar-refractivity contribution in [3.05, 3.63) is 60.0 Å². The molecule has 5 nitrogen and oxygen atoms in total. The summed E-state index contributed by atoms with van der Waals surface area (Å²) in [7, 11) is 0. The van der Waals surface area contributed by atoms with Gasteiger partial charge in [0.25, 0.3) is 0 Å². The van der Waals surface area contributed by atoms with E-state index in [-0.39, 0.29) is 5.06 Å². The summed E-state index contributed by atoms with van der Waals surface area (Å²) >= 11 is 2.83. The summed E-state index contributed by atoms with van der Waals surface area (Å²) in [6.07, 6.45) is 4.71. The van der Waals surface area contributed by atoms with E-state index in [2.05, 4.69) is 32.1 Å². The smallest absolute Gasteiger partial charge is 0.249 e. The lowest BCUT2D eigenvalue weighted by Crippen LogP contribution is -1.84. The Kier molecular flexibility index (Phi) is 4.77. The number of benzene rings is 1. The Morgan fingerprint density at radius 2 is 1.91 bits per heavy atom. The van der Waals surface area contributed by atoms with Crippen molar-refractivity contribution in [2.24, 2.45) is 4.99 Å². The Morgan fingerprint density at radius 3 is 2.68 bits per heavy atom. The first-order valence-corrected chi connectivity index (χ1v) is 8.29. The molecule has 0 atom stereocenters. The van der Waals surface area contributed by atoms with Crippen LogP contribution < -0.4 is 0 Å². The Hall–Kier alpha value is -2.25. The maximum Gasteiger partial charge on any atom is 0.249 e. The Balaban J connectivity index is 1.67. The molecule has 0 aliphatic heterocycles. The van der Waals surface area contributed by atoms with E-state index in [0.29, 0.717) is 11.6 Å². The van der Waals surface area contributed by atoms with Crippen LogP contribution in [0.5, 0.6) is 5.06 Å². The topological polar surface area (TPSA) is 71.3 Å². The van der Waals surface area contributed by atoms with Crippen LogP contribution in [0.25, 0.3) is 0 Å². The minimum absolute atomic E-state index is 0.148. The van der Waals surface area contributed by atoms with Crippen molar-refractivity contribution in [2.45, 2.75) is 10.1 Å². The number of rotatable bonds is 5. The van der Waals surface area contributed by atoms with E-state index in [1.54, 1.807) is 30.2 Å². The molecule has 3 aromatic rings. The Morgan fingerprint density at radius 1 is 1.14 bits per heavy atom. The number of thioether (sulfide) groups is 1. The van der Waals surface area contributed by atoms with Gasteiger partial charge >= 0.3 is 0 Å². The minimum atomic E-state index is 0.148. The van der Waals surface area contributed by atoms with Gasteiger partial charge in [-0.2, -0.15) is 0 Å². The predicted octanol–water partition coefficient (Wildman–Crippen LogP) is 3.68. The average molecular weight is 328 g/mol. The molecule has 0 aliphatic rings. The highest BCUT2D eigenvalue weighted by molar-refractivity contribution is 8.00. The maximum absolute atomic E-state index is 9.92. The largest absolute Gasteiger partial charge is 0.498 e. The SMILES string of the molecule is Oc1sc(SCc2ccccc2)nc1/C=N/c1ncccn1. The quantitative estimate of drug-likeness (QED) is 0.571. The average Bonchev–Trinajstić information content (AvgIpc) is 2.93. The Bertz CT molecular complexity index is 760. The first kappa shape index (κ1) is 14.7. The van der Waals surface area contributed by atoms with Gasteiger partial charge in [-0.3, -0.25) is 0 Å². The van der Waals surface area contributed by atoms with E-state index in [1.165, 1.54) is 23.1 Å². The van der Waals surface area contributed by atoms with Crippen LogP contribution in [0.4, 0.5) is 5.95 Å². The summed E-state index contributed by atoms with van der Waals surface area (Å²) in [4.78, 5) is 16.4. The third kappa shape index (κ3) is 3.90. The van der Waals surface area contributed by atoms with Crippen molar-refractivity contribution in [3.8, 4) is 5.06 Å². The van der Waals surface area contributed by atoms with E-state index in [1.807, 2.05) is 18.2 Å². The van der Waals surface area contributed by atoms with Gasteiger partial charge in [0.15, 0.2) is 4.34 Å². The molecule has 0 amide bonds. The highest BCUT2D eigenvalue weighted by Gasteiger charge is 2.09. The van der Waals surface area contributed by atoms with Crippen LogP contribution >= 0.6 is 23.1 Å². The molecule has 0 radical (unpaired) electrons. The fraction of sp³-hybridized carbons (Fsp3) is 0.0667. The molecule has 0 fully saturated rings. The zero-order chi connectivity index (χ0) is 15.2. The molecule has 22 heavy (non-hydrogen) atoms. The van der Waals surface area contributed by atoms with Crippen molar-refractivity contribution in [1.29, 1.82) is 0 Å². The number of aliphatic imine (C=N–C) groups is 1. The van der Waals surface area contributed by atoms with Gasteiger partial charge in [-0.15, -0.1) is 0 Å². The molecule has 0 spiro atoms. The van der Waals surface area contributed by atoms with Crippen molar-refractivity contribution >= 4 is 35.3 Å². The third-order valence-corrected chi connectivity index (χ3v) is 4.76. The summed E-state index contributed by atoms with van der Waals surface area (Å²) < 4.78 is 0.803. The monoisotopic (exact) mass is 328 g/mol. The van der Waals surface area contributed by atoms with Gasteiger partial charge < -0.3 is 5.11 Å². The van der Waals surface area contributed by atoms with Crippen LogP contribution in [0.15, 0.2) is 58.1 Å². The van der Waals surface area contributed by atoms with E-state index in [4.69, 9.17) is 0 Å². The predicted molar refractivity (Wildman–Crippen MR) is 89.1 cm³/mol. The molecule has 0 unspecified atom stereocenters. The highest BCUT2D eigenvalue weighted by Crippen LogP contribution is 2.33. The lowest BCUT2D eigenvalue weighted by atomic mass is 10.2. The lowest BCUT2D eigenvalue weighted by molar-refractivity contribution is 0.488. The van der Waals surface area contributed by atoms with Crippen LogP contribution in [0.3, 0.4) is 0 Å². The number of aromatic nitrogens is 3. The van der Waals surface area contributed by atoms with Crippen molar-refractivity contribution in [1.82, 2.24) is 15.0 Å². The van der Waals surface area contributed by atoms with Gasteiger partial charge in [0.05, 0.1) is 6.21 Å². The Labute approximate surface area is 135 Å². The highest BCUT2D eigenvalue weighted by atomic mass is 32.2. The second-order valence-corrected chi connectivity index (χ2v) is 6.45. The molecule has 110 valence electrons. The van der Waals surface area contributed by atoms with Gasteiger partial charge in [0, 0.05) is 18.1 Å². The number of hydrogen-bond acceptors (Lipinski definition) is 7. The number of nitrogens with zero attached hydrogens (tertiary/aromatic N) is 4. The van der Waals surface area contributed by atoms with E-state index in [9.17, 15) is 5.11 Å². The number of hydrogen-bond donors (Lipinski definition) is 1. The normalized spacial score (nSPS) is 11.1. The third-order valence-electron chi connectivity index (χ3n) is 2.67. The van der Waals surface area contributed by atoms with Gasteiger partial charge in [-0.05, 0) is 11.6 Å². The zero-order valence-corrected chi connectivity index (χ0v) is 13.1. The number of thiazole rings is 1. The van der Waals surface area contributed by atoms with Crippen molar-refractivity contribution < 1.29 is 5.11 Å². The molecule has 0 aliphatic carbocycles. The molecule has 1 aromatic carbocycles. The van der Waals surface area contributed by atoms with Crippen LogP contribution in [0, 0.1) is 0 Å². The summed E-state index contributed by atoms with van der Waals surface area (Å²) in [5.41, 5.74) is 1.66. The van der Waals surface area contributed by atoms with Crippen LogP contribution in [-0.2, 0) is 5.75 Å². The summed E-state index contributed by atoms with van der Waals surface area (Å²) in [6.45, 7) is 0. The first-order chi connectivity index (χ1) is 10.8. The lowest BCUT2D eigenvalue weighted by Gasteiger charge is -1.97. The molecule has 1 N–H and O–H groups in total. The van der Waals surface area contributed by atoms with E-state index in [0.717, 1.165) is 10.1 Å².